The molecule has 1 aromatic heterocycles. The number of nitrogens with two attached hydrogens (primary N) is 1. The molecule has 0 saturated heterocycles. The summed E-state index contributed by atoms with van der Waals surface area (Å²) in [5.74, 6) is 0. The minimum atomic E-state index is -4.28. The standard InChI is InChI=1S/C23H31ClF3N5S/c1-4-32-21(18-6-5-16(11-14(18)2)30-13-23(25,26)27)19(24)20(31-32)15(3)29-12-22(28)9-7-17(33)8-10-22/h5-6,11,17,29-30,33H,3-4,7-10,12-13,28H2,1-2H3. The van der Waals surface area contributed by atoms with Crippen molar-refractivity contribution in [2.45, 2.75) is 63.0 Å². The van der Waals surface area contributed by atoms with Crippen molar-refractivity contribution in [3.63, 3.8) is 0 Å². The highest BCUT2D eigenvalue weighted by molar-refractivity contribution is 7.80. The molecule has 0 unspecified atom stereocenters. The van der Waals surface area contributed by atoms with E-state index in [4.69, 9.17) is 17.3 Å². The molecule has 0 amide bonds. The number of halogens is 4. The minimum absolute atomic E-state index is 0.319. The van der Waals surface area contributed by atoms with Crippen LogP contribution in [-0.2, 0) is 6.54 Å². The van der Waals surface area contributed by atoms with Gasteiger partial charge in [-0.05, 0) is 57.2 Å². The maximum atomic E-state index is 12.5. The Hall–Kier alpha value is -1.84. The highest BCUT2D eigenvalue weighted by Gasteiger charge is 2.31. The van der Waals surface area contributed by atoms with Crippen LogP contribution in [-0.4, -0.2) is 39.8 Å². The first-order valence-electron chi connectivity index (χ1n) is 11.0. The Bertz CT molecular complexity index is 997. The van der Waals surface area contributed by atoms with Gasteiger partial charge in [0.25, 0.3) is 0 Å². The van der Waals surface area contributed by atoms with Crippen LogP contribution in [0.5, 0.6) is 0 Å². The van der Waals surface area contributed by atoms with Gasteiger partial charge < -0.3 is 16.4 Å². The topological polar surface area (TPSA) is 67.9 Å². The van der Waals surface area contributed by atoms with Crippen LogP contribution >= 0.6 is 24.2 Å². The van der Waals surface area contributed by atoms with Gasteiger partial charge in [0.05, 0.1) is 16.4 Å². The van der Waals surface area contributed by atoms with Crippen LogP contribution in [0.1, 0.15) is 43.9 Å². The third-order valence-electron chi connectivity index (χ3n) is 6.06. The van der Waals surface area contributed by atoms with Gasteiger partial charge in [-0.2, -0.15) is 30.9 Å². The molecule has 5 nitrogen and oxygen atoms in total. The molecule has 33 heavy (non-hydrogen) atoms. The number of aryl methyl sites for hydroxylation is 2. The van der Waals surface area contributed by atoms with E-state index in [1.165, 1.54) is 0 Å². The van der Waals surface area contributed by atoms with Gasteiger partial charge in [0.2, 0.25) is 0 Å². The molecule has 1 aliphatic carbocycles. The fourth-order valence-electron chi connectivity index (χ4n) is 4.08. The Morgan fingerprint density at radius 2 is 2.03 bits per heavy atom. The molecule has 2 aromatic rings. The number of thiol groups is 1. The predicted octanol–water partition coefficient (Wildman–Crippen LogP) is 5.64. The van der Waals surface area contributed by atoms with Crippen molar-refractivity contribution in [1.29, 1.82) is 0 Å². The molecule has 0 bridgehead atoms. The average Bonchev–Trinajstić information content (AvgIpc) is 3.09. The lowest BCUT2D eigenvalue weighted by atomic mass is 9.82. The van der Waals surface area contributed by atoms with Gasteiger partial charge in [0.15, 0.2) is 0 Å². The number of hydrogen-bond acceptors (Lipinski definition) is 5. The molecule has 0 atom stereocenters. The molecule has 0 aliphatic heterocycles. The highest BCUT2D eigenvalue weighted by Crippen LogP contribution is 2.36. The Morgan fingerprint density at radius 1 is 1.36 bits per heavy atom. The second kappa shape index (κ2) is 10.2. The van der Waals surface area contributed by atoms with Crippen LogP contribution in [0.15, 0.2) is 24.8 Å². The fourth-order valence-corrected chi connectivity index (χ4v) is 4.69. The number of benzene rings is 1. The van der Waals surface area contributed by atoms with Gasteiger partial charge in [-0.1, -0.05) is 24.2 Å². The van der Waals surface area contributed by atoms with E-state index in [1.54, 1.807) is 22.9 Å². The summed E-state index contributed by atoms with van der Waals surface area (Å²) in [5, 5.41) is 11.2. The van der Waals surface area contributed by atoms with Crippen molar-refractivity contribution >= 4 is 35.6 Å². The second-order valence-corrected chi connectivity index (χ2v) is 9.86. The van der Waals surface area contributed by atoms with Crippen LogP contribution < -0.4 is 16.4 Å². The van der Waals surface area contributed by atoms with Gasteiger partial charge in [0, 0.05) is 35.1 Å². The molecular weight excluding hydrogens is 471 g/mol. The summed E-state index contributed by atoms with van der Waals surface area (Å²) in [5.41, 5.74) is 10.0. The zero-order valence-corrected chi connectivity index (χ0v) is 20.5. The van der Waals surface area contributed by atoms with E-state index in [-0.39, 0.29) is 5.54 Å². The Kier molecular flexibility index (Phi) is 7.96. The first-order valence-corrected chi connectivity index (χ1v) is 11.9. The molecule has 182 valence electrons. The normalized spacial score (nSPS) is 21.2. The number of nitrogens with zero attached hydrogens (tertiary/aromatic N) is 2. The van der Waals surface area contributed by atoms with Crippen molar-refractivity contribution in [1.82, 2.24) is 15.1 Å². The average molecular weight is 502 g/mol. The van der Waals surface area contributed by atoms with Crippen LogP contribution in [0.4, 0.5) is 18.9 Å². The monoisotopic (exact) mass is 501 g/mol. The molecule has 1 aromatic carbocycles. The van der Waals surface area contributed by atoms with Crippen molar-refractivity contribution in [3.05, 3.63) is 41.1 Å². The van der Waals surface area contributed by atoms with Crippen molar-refractivity contribution in [3.8, 4) is 11.3 Å². The lowest BCUT2D eigenvalue weighted by Gasteiger charge is -2.36. The van der Waals surface area contributed by atoms with Gasteiger partial charge in [-0.25, -0.2) is 0 Å². The SMILES string of the molecule is C=C(NCC1(N)CCC(S)CC1)c1nn(CC)c(-c2ccc(NCC(F)(F)F)cc2C)c1Cl. The zero-order valence-electron chi connectivity index (χ0n) is 18.9. The fraction of sp³-hybridized carbons (Fsp3) is 0.522. The second-order valence-electron chi connectivity index (χ2n) is 8.75. The maximum Gasteiger partial charge on any atom is 0.405 e. The molecule has 1 aliphatic rings. The summed E-state index contributed by atoms with van der Waals surface area (Å²) < 4.78 is 39.3. The molecule has 1 saturated carbocycles. The number of anilines is 1. The lowest BCUT2D eigenvalue weighted by Crippen LogP contribution is -2.50. The number of aromatic nitrogens is 2. The van der Waals surface area contributed by atoms with Crippen molar-refractivity contribution in [2.24, 2.45) is 5.73 Å². The van der Waals surface area contributed by atoms with Crippen molar-refractivity contribution < 1.29 is 13.2 Å². The van der Waals surface area contributed by atoms with Gasteiger partial charge in [0.1, 0.15) is 12.2 Å². The van der Waals surface area contributed by atoms with Gasteiger partial charge in [-0.15, -0.1) is 0 Å². The maximum absolute atomic E-state index is 12.5. The van der Waals surface area contributed by atoms with Crippen LogP contribution in [0.3, 0.4) is 0 Å². The first kappa shape index (κ1) is 25.8. The molecule has 1 fully saturated rings. The summed E-state index contributed by atoms with van der Waals surface area (Å²) in [4.78, 5) is 0. The number of alkyl halides is 3. The number of hydrogen-bond donors (Lipinski definition) is 4. The molecule has 0 spiro atoms. The molecular formula is C23H31ClF3N5S. The van der Waals surface area contributed by atoms with Crippen LogP contribution in [0.25, 0.3) is 17.0 Å². The highest BCUT2D eigenvalue weighted by atomic mass is 35.5. The van der Waals surface area contributed by atoms with E-state index in [1.807, 2.05) is 13.8 Å². The van der Waals surface area contributed by atoms with E-state index in [9.17, 15) is 13.2 Å². The molecule has 3 rings (SSSR count). The van der Waals surface area contributed by atoms with E-state index in [0.29, 0.717) is 46.1 Å². The van der Waals surface area contributed by atoms with Crippen LogP contribution in [0, 0.1) is 6.92 Å². The van der Waals surface area contributed by atoms with E-state index in [0.717, 1.165) is 36.8 Å². The lowest BCUT2D eigenvalue weighted by molar-refractivity contribution is -0.115. The van der Waals surface area contributed by atoms with Crippen molar-refractivity contribution in [2.75, 3.05) is 18.4 Å². The summed E-state index contributed by atoms with van der Waals surface area (Å²) in [6.07, 6.45) is -0.547. The third-order valence-corrected chi connectivity index (χ3v) is 6.93. The minimum Gasteiger partial charge on any atom is -0.382 e. The number of rotatable bonds is 8. The smallest absolute Gasteiger partial charge is 0.382 e. The number of nitrogens with one attached hydrogen (secondary N) is 2. The summed E-state index contributed by atoms with van der Waals surface area (Å²) in [6.45, 7) is 7.95. The summed E-state index contributed by atoms with van der Waals surface area (Å²) in [6, 6.07) is 5.04. The van der Waals surface area contributed by atoms with E-state index < -0.39 is 12.7 Å². The Balaban J connectivity index is 1.79. The molecule has 1 heterocycles. The third kappa shape index (κ3) is 6.39. The molecule has 10 heteroatoms. The van der Waals surface area contributed by atoms with Crippen LogP contribution in [0.2, 0.25) is 5.02 Å². The molecule has 4 N–H and O–H groups in total. The summed E-state index contributed by atoms with van der Waals surface area (Å²) in [7, 11) is 0. The zero-order chi connectivity index (χ0) is 24.4. The largest absolute Gasteiger partial charge is 0.405 e. The Labute approximate surface area is 203 Å². The molecule has 0 radical (unpaired) electrons. The predicted molar refractivity (Wildman–Crippen MR) is 133 cm³/mol. The van der Waals surface area contributed by atoms with E-state index >= 15 is 0 Å². The van der Waals surface area contributed by atoms with Gasteiger partial charge in [-0.3, -0.25) is 4.68 Å². The Morgan fingerprint density at radius 3 is 2.61 bits per heavy atom. The van der Waals surface area contributed by atoms with Gasteiger partial charge >= 0.3 is 6.18 Å². The summed E-state index contributed by atoms with van der Waals surface area (Å²) >= 11 is 11.3. The quantitative estimate of drug-likeness (QED) is 0.353. The van der Waals surface area contributed by atoms with E-state index in [2.05, 4.69) is 34.9 Å². The first-order chi connectivity index (χ1) is 15.4.